The van der Waals surface area contributed by atoms with E-state index in [2.05, 4.69) is 17.5 Å². The molecule has 1 atom stereocenters. The first-order valence-electron chi connectivity index (χ1n) is 15.5. The Morgan fingerprint density at radius 1 is 1.04 bits per heavy atom. The first-order chi connectivity index (χ1) is 22.3. The largest absolute Gasteiger partial charge is 0.490 e. The van der Waals surface area contributed by atoms with Crippen LogP contribution in [0.4, 0.5) is 5.69 Å². The topological polar surface area (TPSA) is 88.9 Å². The molecule has 3 aromatic carbocycles. The van der Waals surface area contributed by atoms with Crippen molar-refractivity contribution >= 4 is 44.9 Å². The molecule has 238 valence electrons. The highest BCUT2D eigenvalue weighted by atomic mass is 35.5. The second-order valence-electron chi connectivity index (χ2n) is 11.6. The van der Waals surface area contributed by atoms with E-state index in [1.807, 2.05) is 66.7 Å². The van der Waals surface area contributed by atoms with Crippen LogP contribution in [0.5, 0.6) is 0 Å². The van der Waals surface area contributed by atoms with Crippen LogP contribution in [-0.4, -0.2) is 33.6 Å². The van der Waals surface area contributed by atoms with Crippen LogP contribution in [0.3, 0.4) is 0 Å². The number of halogens is 1. The van der Waals surface area contributed by atoms with Crippen LogP contribution in [0.1, 0.15) is 57.9 Å². The van der Waals surface area contributed by atoms with Gasteiger partial charge in [0.25, 0.3) is 0 Å². The molecule has 0 radical (unpaired) electrons. The smallest absolute Gasteiger partial charge is 0.232 e. The van der Waals surface area contributed by atoms with Crippen LogP contribution in [0.25, 0.3) is 11.8 Å². The maximum absolute atomic E-state index is 13.5. The zero-order valence-corrected chi connectivity index (χ0v) is 27.3. The van der Waals surface area contributed by atoms with E-state index in [-0.39, 0.29) is 35.6 Å². The third-order valence-electron chi connectivity index (χ3n) is 8.40. The van der Waals surface area contributed by atoms with Gasteiger partial charge in [0, 0.05) is 29.2 Å². The fourth-order valence-corrected chi connectivity index (χ4v) is 7.20. The van der Waals surface area contributed by atoms with Crippen LogP contribution >= 0.6 is 11.6 Å². The first-order valence-corrected chi connectivity index (χ1v) is 17.8. The molecule has 6 rings (SSSR count). The van der Waals surface area contributed by atoms with Crippen LogP contribution in [0, 0.1) is 0 Å². The van der Waals surface area contributed by atoms with Gasteiger partial charge in [-0.3, -0.25) is 9.10 Å². The predicted molar refractivity (Wildman–Crippen MR) is 183 cm³/mol. The van der Waals surface area contributed by atoms with E-state index in [1.54, 1.807) is 18.2 Å². The Hall–Kier alpha value is -4.11. The van der Waals surface area contributed by atoms with Gasteiger partial charge in [0.1, 0.15) is 5.42 Å². The van der Waals surface area contributed by atoms with E-state index in [9.17, 15) is 13.2 Å². The fourth-order valence-electron chi connectivity index (χ4n) is 6.04. The zero-order valence-electron chi connectivity index (χ0n) is 25.7. The molecule has 0 aliphatic heterocycles. The highest BCUT2D eigenvalue weighted by molar-refractivity contribution is 7.92. The lowest BCUT2D eigenvalue weighted by Crippen LogP contribution is -2.31. The molecule has 4 aromatic rings. The van der Waals surface area contributed by atoms with Crippen LogP contribution in [0.2, 0.25) is 5.02 Å². The lowest BCUT2D eigenvalue weighted by atomic mass is 9.97. The van der Waals surface area contributed by atoms with Crippen molar-refractivity contribution < 1.29 is 22.4 Å². The number of hydrogen-bond donors (Lipinski definition) is 1. The SMILES string of the molecule is CS(=O)(=O)N(Cc1ccccc1)c1cc(C(=O)CNC(CCOC2=c3oc4c(c3CC=C2)CCCC=4)c2ccccc2)ccc1Cl. The number of fused-ring (bicyclic) bond motifs is 3. The number of carbonyl (C=O) groups excluding carboxylic acids is 1. The lowest BCUT2D eigenvalue weighted by Gasteiger charge is -2.24. The number of allylic oxidation sites excluding steroid dienone is 1. The molecule has 0 amide bonds. The van der Waals surface area contributed by atoms with Gasteiger partial charge in [-0.05, 0) is 67.2 Å². The molecule has 46 heavy (non-hydrogen) atoms. The van der Waals surface area contributed by atoms with Crippen LogP contribution in [0.15, 0.2) is 95.4 Å². The van der Waals surface area contributed by atoms with Crippen molar-refractivity contribution in [1.29, 1.82) is 0 Å². The molecule has 9 heteroatoms. The first kappa shape index (κ1) is 31.9. The van der Waals surface area contributed by atoms with Gasteiger partial charge in [-0.1, -0.05) is 78.3 Å². The summed E-state index contributed by atoms with van der Waals surface area (Å²) in [5.41, 5.74) is 6.82. The van der Waals surface area contributed by atoms with Gasteiger partial charge in [-0.15, -0.1) is 0 Å². The van der Waals surface area contributed by atoms with E-state index in [4.69, 9.17) is 20.8 Å². The molecule has 0 fully saturated rings. The number of hydrogen-bond acceptors (Lipinski definition) is 6. The molecule has 1 unspecified atom stereocenters. The Labute approximate surface area is 274 Å². The fraction of sp³-hybridized carbons (Fsp3) is 0.270. The average molecular weight is 657 g/mol. The number of sulfonamides is 1. The van der Waals surface area contributed by atoms with Gasteiger partial charge in [0.2, 0.25) is 10.0 Å². The van der Waals surface area contributed by atoms with Crippen molar-refractivity contribution in [1.82, 2.24) is 5.32 Å². The van der Waals surface area contributed by atoms with Gasteiger partial charge in [-0.2, -0.15) is 0 Å². The number of Topliss-reactive ketones (excluding diaryl/α,β-unsaturated/α-hetero) is 1. The number of anilines is 1. The summed E-state index contributed by atoms with van der Waals surface area (Å²) < 4.78 is 39.4. The summed E-state index contributed by atoms with van der Waals surface area (Å²) in [6, 6.07) is 23.8. The van der Waals surface area contributed by atoms with E-state index in [0.717, 1.165) is 59.7 Å². The molecule has 0 bridgehead atoms. The van der Waals surface area contributed by atoms with Gasteiger partial charge in [0.05, 0.1) is 36.7 Å². The van der Waals surface area contributed by atoms with E-state index in [1.165, 1.54) is 15.4 Å². The van der Waals surface area contributed by atoms with Gasteiger partial charge < -0.3 is 14.5 Å². The van der Waals surface area contributed by atoms with Gasteiger partial charge >= 0.3 is 0 Å². The minimum Gasteiger partial charge on any atom is -0.490 e. The summed E-state index contributed by atoms with van der Waals surface area (Å²) in [6.07, 6.45) is 12.1. The molecule has 2 aliphatic rings. The van der Waals surface area contributed by atoms with Crippen molar-refractivity contribution in [2.45, 2.75) is 44.7 Å². The van der Waals surface area contributed by atoms with Gasteiger partial charge in [-0.25, -0.2) is 8.42 Å². The number of ether oxygens (including phenoxy) is 1. The van der Waals surface area contributed by atoms with E-state index in [0.29, 0.717) is 18.6 Å². The summed E-state index contributed by atoms with van der Waals surface area (Å²) in [4.78, 5) is 13.5. The Kier molecular flexibility index (Phi) is 9.78. The van der Waals surface area contributed by atoms with Crippen molar-refractivity contribution in [3.63, 3.8) is 0 Å². The molecule has 0 spiro atoms. The molecular formula is C37H37ClN2O5S. The second-order valence-corrected chi connectivity index (χ2v) is 14.0. The molecule has 1 aromatic heterocycles. The Morgan fingerprint density at radius 3 is 2.57 bits per heavy atom. The number of nitrogens with one attached hydrogen (secondary N) is 1. The highest BCUT2D eigenvalue weighted by Crippen LogP contribution is 2.31. The molecule has 7 nitrogen and oxygen atoms in total. The molecule has 0 saturated carbocycles. The third kappa shape index (κ3) is 7.30. The predicted octanol–water partition coefficient (Wildman–Crippen LogP) is 5.86. The standard InChI is InChI=1S/C37H37ClN2O5S/c1-46(42,43)40(25-26-11-4-2-5-12-26)33-23-28(19-20-31(33)38)34(41)24-39-32(27-13-6-3-7-14-27)21-22-44-36-18-10-16-30-29-15-8-9-17-35(29)45-37(30)36/h2-7,10-14,17-20,23,32,39H,8-9,15-16,21-22,24-25H2,1H3. The maximum Gasteiger partial charge on any atom is 0.232 e. The summed E-state index contributed by atoms with van der Waals surface area (Å²) in [5, 5.41) is 3.66. The highest BCUT2D eigenvalue weighted by Gasteiger charge is 2.23. The van der Waals surface area contributed by atoms with Crippen LogP contribution < -0.4 is 20.5 Å². The average Bonchev–Trinajstić information content (AvgIpc) is 3.45. The molecule has 1 N–H and O–H groups in total. The van der Waals surface area contributed by atoms with Crippen molar-refractivity contribution in [2.75, 3.05) is 23.7 Å². The minimum atomic E-state index is -3.69. The monoisotopic (exact) mass is 656 g/mol. The maximum atomic E-state index is 13.5. The number of benzene rings is 3. The number of rotatable bonds is 13. The Bertz CT molecular complexity index is 1970. The number of ketones is 1. The summed E-state index contributed by atoms with van der Waals surface area (Å²) >= 11 is 6.50. The molecule has 0 saturated heterocycles. The van der Waals surface area contributed by atoms with Crippen molar-refractivity contribution in [2.24, 2.45) is 0 Å². The normalized spacial score (nSPS) is 14.6. The summed E-state index contributed by atoms with van der Waals surface area (Å²) in [7, 11) is -3.69. The van der Waals surface area contributed by atoms with E-state index >= 15 is 0 Å². The quantitative estimate of drug-likeness (QED) is 0.182. The molecule has 1 heterocycles. The Morgan fingerprint density at radius 2 is 1.80 bits per heavy atom. The van der Waals surface area contributed by atoms with Gasteiger partial charge in [0.15, 0.2) is 17.0 Å². The molecule has 2 aliphatic carbocycles. The van der Waals surface area contributed by atoms with Crippen LogP contribution in [-0.2, 0) is 34.1 Å². The number of nitrogens with zero attached hydrogens (tertiary/aromatic N) is 1. The lowest BCUT2D eigenvalue weighted by molar-refractivity contribution is 0.0985. The van der Waals surface area contributed by atoms with Crippen molar-refractivity contribution in [3.8, 4) is 0 Å². The molecular weight excluding hydrogens is 620 g/mol. The Balaban J connectivity index is 1.17. The summed E-state index contributed by atoms with van der Waals surface area (Å²) in [5.74, 6) is 0.561. The summed E-state index contributed by atoms with van der Waals surface area (Å²) in [6.45, 7) is 0.558. The second kappa shape index (κ2) is 14.1. The third-order valence-corrected chi connectivity index (χ3v) is 9.85. The number of furan rings is 1. The zero-order chi connectivity index (χ0) is 32.1. The van der Waals surface area contributed by atoms with Crippen molar-refractivity contribution in [3.05, 3.63) is 135 Å². The minimum absolute atomic E-state index is 0.0412. The van der Waals surface area contributed by atoms with E-state index < -0.39 is 10.0 Å². The number of carbonyl (C=O) groups is 1.